The number of likely N-dealkylation sites (N-methyl/N-ethyl adjacent to an activating group) is 1. The van der Waals surface area contributed by atoms with Gasteiger partial charge in [0.15, 0.2) is 0 Å². The average Bonchev–Trinajstić information content (AvgIpc) is 2.16. The van der Waals surface area contributed by atoms with Crippen molar-refractivity contribution in [2.45, 2.75) is 12.5 Å². The minimum absolute atomic E-state index is 0.0255. The van der Waals surface area contributed by atoms with Crippen molar-refractivity contribution < 1.29 is 8.78 Å². The summed E-state index contributed by atoms with van der Waals surface area (Å²) in [5.41, 5.74) is 4.80. The van der Waals surface area contributed by atoms with Crippen LogP contribution in [0.5, 0.6) is 0 Å². The minimum Gasteiger partial charge on any atom is -0.328 e. The van der Waals surface area contributed by atoms with Crippen LogP contribution < -0.4 is 5.73 Å². The summed E-state index contributed by atoms with van der Waals surface area (Å²) in [4.78, 5) is 1.72. The van der Waals surface area contributed by atoms with Crippen LogP contribution in [0.2, 0.25) is 0 Å². The van der Waals surface area contributed by atoms with Crippen LogP contribution in [-0.2, 0) is 5.54 Å². The first-order chi connectivity index (χ1) is 6.93. The van der Waals surface area contributed by atoms with Crippen molar-refractivity contribution in [2.75, 3.05) is 20.6 Å². The SMILES string of the molecule is CN(C)C(C)(CN)c1c(F)cccc1F. The van der Waals surface area contributed by atoms with E-state index in [0.29, 0.717) is 0 Å². The zero-order valence-corrected chi connectivity index (χ0v) is 9.22. The first kappa shape index (κ1) is 12.1. The molecule has 4 heteroatoms. The third kappa shape index (κ3) is 2.01. The number of rotatable bonds is 3. The molecule has 1 unspecified atom stereocenters. The zero-order chi connectivity index (χ0) is 11.6. The molecule has 0 heterocycles. The van der Waals surface area contributed by atoms with Crippen LogP contribution in [0.1, 0.15) is 12.5 Å². The molecule has 15 heavy (non-hydrogen) atoms. The number of halogens is 2. The molecule has 2 nitrogen and oxygen atoms in total. The van der Waals surface area contributed by atoms with E-state index in [1.807, 2.05) is 0 Å². The Bertz CT molecular complexity index is 332. The monoisotopic (exact) mass is 214 g/mol. The van der Waals surface area contributed by atoms with Crippen LogP contribution in [0.3, 0.4) is 0 Å². The zero-order valence-electron chi connectivity index (χ0n) is 9.22. The highest BCUT2D eigenvalue weighted by Gasteiger charge is 2.33. The molecule has 1 rings (SSSR count). The lowest BCUT2D eigenvalue weighted by atomic mass is 9.90. The van der Waals surface area contributed by atoms with E-state index < -0.39 is 17.2 Å². The summed E-state index contributed by atoms with van der Waals surface area (Å²) in [5.74, 6) is -1.12. The van der Waals surface area contributed by atoms with Crippen molar-refractivity contribution >= 4 is 0 Å². The molecule has 2 N–H and O–H groups in total. The lowest BCUT2D eigenvalue weighted by Crippen LogP contribution is -2.46. The fraction of sp³-hybridized carbons (Fsp3) is 0.455. The van der Waals surface area contributed by atoms with Gasteiger partial charge in [-0.05, 0) is 33.2 Å². The number of nitrogens with two attached hydrogens (primary N) is 1. The predicted molar refractivity (Wildman–Crippen MR) is 56.5 cm³/mol. The van der Waals surface area contributed by atoms with Crippen LogP contribution in [0.15, 0.2) is 18.2 Å². The Kier molecular flexibility index (Phi) is 3.42. The summed E-state index contributed by atoms with van der Waals surface area (Å²) in [5, 5.41) is 0. The van der Waals surface area contributed by atoms with Gasteiger partial charge in [0.05, 0.1) is 5.54 Å². The van der Waals surface area contributed by atoms with Gasteiger partial charge in [-0.3, -0.25) is 4.90 Å². The van der Waals surface area contributed by atoms with E-state index in [2.05, 4.69) is 0 Å². The van der Waals surface area contributed by atoms with E-state index in [9.17, 15) is 8.78 Å². The molecule has 0 radical (unpaired) electrons. The maximum Gasteiger partial charge on any atom is 0.131 e. The van der Waals surface area contributed by atoms with E-state index in [0.717, 1.165) is 0 Å². The van der Waals surface area contributed by atoms with E-state index in [4.69, 9.17) is 5.73 Å². The number of hydrogen-bond donors (Lipinski definition) is 1. The lowest BCUT2D eigenvalue weighted by Gasteiger charge is -2.36. The number of benzene rings is 1. The Hall–Kier alpha value is -1.00. The standard InChI is InChI=1S/C11H16F2N2/c1-11(7-14,15(2)3)10-8(12)5-4-6-9(10)13/h4-6H,7,14H2,1-3H3. The smallest absolute Gasteiger partial charge is 0.131 e. The van der Waals surface area contributed by atoms with Gasteiger partial charge >= 0.3 is 0 Å². The molecule has 1 aromatic carbocycles. The second kappa shape index (κ2) is 4.24. The Morgan fingerprint density at radius 2 is 1.73 bits per heavy atom. The molecule has 1 atom stereocenters. The van der Waals surface area contributed by atoms with Crippen molar-refractivity contribution in [3.05, 3.63) is 35.4 Å². The molecule has 0 saturated carbocycles. The third-order valence-electron chi connectivity index (χ3n) is 2.89. The summed E-state index contributed by atoms with van der Waals surface area (Å²) in [6.45, 7) is 1.87. The Morgan fingerprint density at radius 1 is 1.27 bits per heavy atom. The van der Waals surface area contributed by atoms with E-state index in [-0.39, 0.29) is 12.1 Å². The number of nitrogens with zero attached hydrogens (tertiary/aromatic N) is 1. The van der Waals surface area contributed by atoms with Gasteiger partial charge in [0.2, 0.25) is 0 Å². The second-order valence-electron chi connectivity index (χ2n) is 3.97. The average molecular weight is 214 g/mol. The van der Waals surface area contributed by atoms with Crippen LogP contribution in [0.4, 0.5) is 8.78 Å². The van der Waals surface area contributed by atoms with Crippen molar-refractivity contribution in [1.29, 1.82) is 0 Å². The van der Waals surface area contributed by atoms with E-state index >= 15 is 0 Å². The summed E-state index contributed by atoms with van der Waals surface area (Å²) in [6.07, 6.45) is 0. The topological polar surface area (TPSA) is 29.3 Å². The molecular weight excluding hydrogens is 198 g/mol. The molecule has 0 spiro atoms. The second-order valence-corrected chi connectivity index (χ2v) is 3.97. The van der Waals surface area contributed by atoms with Gasteiger partial charge < -0.3 is 5.73 Å². The fourth-order valence-electron chi connectivity index (χ4n) is 1.52. The third-order valence-corrected chi connectivity index (χ3v) is 2.89. The van der Waals surface area contributed by atoms with Crippen molar-refractivity contribution in [3.63, 3.8) is 0 Å². The van der Waals surface area contributed by atoms with Crippen molar-refractivity contribution in [2.24, 2.45) is 5.73 Å². The Balaban J connectivity index is 3.35. The number of hydrogen-bond acceptors (Lipinski definition) is 2. The molecule has 0 aromatic heterocycles. The lowest BCUT2D eigenvalue weighted by molar-refractivity contribution is 0.171. The highest BCUT2D eigenvalue weighted by atomic mass is 19.1. The molecule has 0 amide bonds. The Labute approximate surface area is 88.7 Å². The van der Waals surface area contributed by atoms with Crippen LogP contribution in [0.25, 0.3) is 0 Å². The van der Waals surface area contributed by atoms with Gasteiger partial charge in [0.1, 0.15) is 11.6 Å². The fourth-order valence-corrected chi connectivity index (χ4v) is 1.52. The molecule has 0 aliphatic heterocycles. The quantitative estimate of drug-likeness (QED) is 0.829. The van der Waals surface area contributed by atoms with Gasteiger partial charge in [-0.1, -0.05) is 6.07 Å². The van der Waals surface area contributed by atoms with Crippen LogP contribution in [0, 0.1) is 11.6 Å². The largest absolute Gasteiger partial charge is 0.328 e. The minimum atomic E-state index is -0.824. The Morgan fingerprint density at radius 3 is 2.07 bits per heavy atom. The van der Waals surface area contributed by atoms with Gasteiger partial charge in [-0.25, -0.2) is 8.78 Å². The summed E-state index contributed by atoms with van der Waals surface area (Å²) >= 11 is 0. The van der Waals surface area contributed by atoms with E-state index in [1.165, 1.54) is 18.2 Å². The molecule has 0 aliphatic carbocycles. The molecule has 1 aromatic rings. The maximum atomic E-state index is 13.6. The highest BCUT2D eigenvalue weighted by molar-refractivity contribution is 5.27. The molecule has 0 fully saturated rings. The predicted octanol–water partition coefficient (Wildman–Crippen LogP) is 1.70. The van der Waals surface area contributed by atoms with Crippen LogP contribution >= 0.6 is 0 Å². The molecular formula is C11H16F2N2. The first-order valence-corrected chi connectivity index (χ1v) is 4.75. The molecule has 0 saturated heterocycles. The van der Waals surface area contributed by atoms with Crippen LogP contribution in [-0.4, -0.2) is 25.5 Å². The summed E-state index contributed by atoms with van der Waals surface area (Å²) < 4.78 is 27.1. The van der Waals surface area contributed by atoms with Gasteiger partial charge in [0.25, 0.3) is 0 Å². The molecule has 0 aliphatic rings. The van der Waals surface area contributed by atoms with Crippen molar-refractivity contribution in [1.82, 2.24) is 4.90 Å². The molecule has 84 valence electrons. The maximum absolute atomic E-state index is 13.6. The van der Waals surface area contributed by atoms with Crippen molar-refractivity contribution in [3.8, 4) is 0 Å². The van der Waals surface area contributed by atoms with Gasteiger partial charge in [0, 0.05) is 12.1 Å². The summed E-state index contributed by atoms with van der Waals surface area (Å²) in [7, 11) is 3.50. The summed E-state index contributed by atoms with van der Waals surface area (Å²) in [6, 6.07) is 3.84. The van der Waals surface area contributed by atoms with E-state index in [1.54, 1.807) is 25.9 Å². The normalized spacial score (nSPS) is 15.4. The van der Waals surface area contributed by atoms with Gasteiger partial charge in [-0.15, -0.1) is 0 Å². The molecule has 0 bridgehead atoms. The highest BCUT2D eigenvalue weighted by Crippen LogP contribution is 2.29. The van der Waals surface area contributed by atoms with Gasteiger partial charge in [-0.2, -0.15) is 0 Å². The first-order valence-electron chi connectivity index (χ1n) is 4.75.